The van der Waals surface area contributed by atoms with Crippen LogP contribution in [0, 0.1) is 0 Å². The van der Waals surface area contributed by atoms with E-state index in [0.29, 0.717) is 23.0 Å². The van der Waals surface area contributed by atoms with Gasteiger partial charge in [0.1, 0.15) is 6.04 Å². The zero-order chi connectivity index (χ0) is 16.2. The van der Waals surface area contributed by atoms with Crippen LogP contribution in [0.1, 0.15) is 23.6 Å². The van der Waals surface area contributed by atoms with Crippen LogP contribution in [0.5, 0.6) is 0 Å². The number of amides is 1. The normalized spacial score (nSPS) is 20.4. The fraction of sp³-hybridized carbons (Fsp3) is 0.235. The van der Waals surface area contributed by atoms with E-state index in [1.165, 1.54) is 0 Å². The number of benzene rings is 2. The monoisotopic (exact) mass is 349 g/mol. The molecule has 1 amide bonds. The quantitative estimate of drug-likeness (QED) is 0.794. The molecular weight excluding hydrogens is 333 g/mol. The summed E-state index contributed by atoms with van der Waals surface area (Å²) in [4.78, 5) is 12.3. The molecule has 2 atom stereocenters. The first-order valence-electron chi connectivity index (χ1n) is 7.41. The topological polar surface area (TPSA) is 53.2 Å². The molecule has 2 aromatic carbocycles. The Kier molecular flexibility index (Phi) is 5.18. The van der Waals surface area contributed by atoms with Crippen LogP contribution < -0.4 is 16.2 Å². The number of nitrogens with one attached hydrogen (secondary N) is 3. The highest BCUT2D eigenvalue weighted by Gasteiger charge is 2.30. The van der Waals surface area contributed by atoms with Gasteiger partial charge in [-0.25, -0.2) is 10.9 Å². The first-order valence-corrected chi connectivity index (χ1v) is 8.17. The summed E-state index contributed by atoms with van der Waals surface area (Å²) in [6, 6.07) is 14.9. The summed E-state index contributed by atoms with van der Waals surface area (Å²) in [5.41, 5.74) is 8.15. The summed E-state index contributed by atoms with van der Waals surface area (Å²) in [7, 11) is 0. The Bertz CT molecular complexity index is 708. The Balaban J connectivity index is 1.56. The van der Waals surface area contributed by atoms with Crippen LogP contribution in [0.2, 0.25) is 10.0 Å². The summed E-state index contributed by atoms with van der Waals surface area (Å²) in [5.74, 6) is -0.0538. The first kappa shape index (κ1) is 16.3. The number of carbonyl (C=O) groups is 1. The highest BCUT2D eigenvalue weighted by Crippen LogP contribution is 2.24. The maximum Gasteiger partial charge on any atom is 0.238 e. The predicted molar refractivity (Wildman–Crippen MR) is 92.2 cm³/mol. The van der Waals surface area contributed by atoms with Crippen LogP contribution in [-0.2, 0) is 11.3 Å². The summed E-state index contributed by atoms with van der Waals surface area (Å²) in [5, 5.41) is 4.26. The number of hydrazine groups is 1. The van der Waals surface area contributed by atoms with Gasteiger partial charge in [-0.15, -0.1) is 0 Å². The average Bonchev–Trinajstić information content (AvgIpc) is 3.04. The van der Waals surface area contributed by atoms with Crippen molar-refractivity contribution in [3.8, 4) is 0 Å². The Morgan fingerprint density at radius 2 is 1.96 bits per heavy atom. The second-order valence-corrected chi connectivity index (χ2v) is 6.34. The fourth-order valence-corrected chi connectivity index (χ4v) is 3.02. The van der Waals surface area contributed by atoms with Gasteiger partial charge in [-0.05, 0) is 35.7 Å². The lowest BCUT2D eigenvalue weighted by Crippen LogP contribution is -2.42. The van der Waals surface area contributed by atoms with Gasteiger partial charge >= 0.3 is 0 Å². The SMILES string of the molecule is O=C(NCc1ccccc1Cl)C1CC(c2cccc(Cl)c2)NN1. The minimum atomic E-state index is -0.290. The van der Waals surface area contributed by atoms with Crippen molar-refractivity contribution in [1.82, 2.24) is 16.2 Å². The van der Waals surface area contributed by atoms with Crippen molar-refractivity contribution < 1.29 is 4.79 Å². The van der Waals surface area contributed by atoms with E-state index < -0.39 is 0 Å². The van der Waals surface area contributed by atoms with Gasteiger partial charge in [0.05, 0.1) is 0 Å². The molecule has 0 radical (unpaired) electrons. The first-order chi connectivity index (χ1) is 11.1. The summed E-state index contributed by atoms with van der Waals surface area (Å²) in [6.45, 7) is 0.415. The van der Waals surface area contributed by atoms with Gasteiger partial charge in [-0.3, -0.25) is 4.79 Å². The number of halogens is 2. The van der Waals surface area contributed by atoms with Crippen LogP contribution in [0.15, 0.2) is 48.5 Å². The molecule has 23 heavy (non-hydrogen) atoms. The van der Waals surface area contributed by atoms with E-state index in [2.05, 4.69) is 16.2 Å². The van der Waals surface area contributed by atoms with Crippen molar-refractivity contribution in [2.24, 2.45) is 0 Å². The van der Waals surface area contributed by atoms with Crippen molar-refractivity contribution in [3.63, 3.8) is 0 Å². The molecule has 0 saturated carbocycles. The third-order valence-corrected chi connectivity index (χ3v) is 4.49. The van der Waals surface area contributed by atoms with Gasteiger partial charge in [-0.1, -0.05) is 53.5 Å². The van der Waals surface area contributed by atoms with E-state index in [9.17, 15) is 4.79 Å². The zero-order valence-corrected chi connectivity index (χ0v) is 13.9. The molecule has 2 unspecified atom stereocenters. The lowest BCUT2D eigenvalue weighted by Gasteiger charge is -2.11. The van der Waals surface area contributed by atoms with Crippen LogP contribution >= 0.6 is 23.2 Å². The maximum absolute atomic E-state index is 12.3. The van der Waals surface area contributed by atoms with Gasteiger partial charge < -0.3 is 5.32 Å². The van der Waals surface area contributed by atoms with Gasteiger partial charge in [0.15, 0.2) is 0 Å². The molecule has 3 N–H and O–H groups in total. The van der Waals surface area contributed by atoms with E-state index in [1.807, 2.05) is 48.5 Å². The van der Waals surface area contributed by atoms with Gasteiger partial charge in [0, 0.05) is 22.6 Å². The Labute approximate surface area is 145 Å². The molecule has 1 heterocycles. The van der Waals surface area contributed by atoms with E-state index in [0.717, 1.165) is 11.1 Å². The molecule has 0 aromatic heterocycles. The molecule has 1 aliphatic rings. The van der Waals surface area contributed by atoms with Crippen molar-refractivity contribution in [2.45, 2.75) is 25.0 Å². The fourth-order valence-electron chi connectivity index (χ4n) is 2.62. The molecule has 6 heteroatoms. The molecule has 0 spiro atoms. The number of hydrogen-bond donors (Lipinski definition) is 3. The molecule has 3 rings (SSSR count). The largest absolute Gasteiger partial charge is 0.351 e. The Morgan fingerprint density at radius 1 is 1.13 bits per heavy atom. The smallest absolute Gasteiger partial charge is 0.238 e. The lowest BCUT2D eigenvalue weighted by atomic mass is 10.0. The summed E-state index contributed by atoms with van der Waals surface area (Å²) < 4.78 is 0. The molecule has 1 aliphatic heterocycles. The summed E-state index contributed by atoms with van der Waals surface area (Å²) in [6.07, 6.45) is 0.661. The second kappa shape index (κ2) is 7.32. The highest BCUT2D eigenvalue weighted by molar-refractivity contribution is 6.31. The van der Waals surface area contributed by atoms with Crippen molar-refractivity contribution in [2.75, 3.05) is 0 Å². The van der Waals surface area contributed by atoms with Gasteiger partial charge in [0.2, 0.25) is 5.91 Å². The standard InChI is InChI=1S/C17H17Cl2N3O/c18-13-6-3-5-11(8-13)15-9-16(22-21-15)17(23)20-10-12-4-1-2-7-14(12)19/h1-8,15-16,21-22H,9-10H2,(H,20,23). The van der Waals surface area contributed by atoms with E-state index in [-0.39, 0.29) is 18.0 Å². The maximum atomic E-state index is 12.3. The van der Waals surface area contributed by atoms with Crippen LogP contribution in [-0.4, -0.2) is 11.9 Å². The van der Waals surface area contributed by atoms with Crippen molar-refractivity contribution >= 4 is 29.1 Å². The van der Waals surface area contributed by atoms with Gasteiger partial charge in [-0.2, -0.15) is 0 Å². The van der Waals surface area contributed by atoms with E-state index in [4.69, 9.17) is 23.2 Å². The van der Waals surface area contributed by atoms with Crippen molar-refractivity contribution in [1.29, 1.82) is 0 Å². The van der Waals surface area contributed by atoms with Crippen LogP contribution in [0.25, 0.3) is 0 Å². The summed E-state index contributed by atoms with van der Waals surface area (Å²) >= 11 is 12.1. The minimum Gasteiger partial charge on any atom is -0.351 e. The number of hydrogen-bond acceptors (Lipinski definition) is 3. The minimum absolute atomic E-state index is 0.0538. The molecule has 0 aliphatic carbocycles. The zero-order valence-electron chi connectivity index (χ0n) is 12.4. The number of carbonyl (C=O) groups excluding carboxylic acids is 1. The molecule has 120 valence electrons. The Morgan fingerprint density at radius 3 is 2.74 bits per heavy atom. The third-order valence-electron chi connectivity index (χ3n) is 3.88. The van der Waals surface area contributed by atoms with Crippen molar-refractivity contribution in [3.05, 3.63) is 69.7 Å². The third kappa shape index (κ3) is 4.03. The highest BCUT2D eigenvalue weighted by atomic mass is 35.5. The second-order valence-electron chi connectivity index (χ2n) is 5.49. The molecule has 0 bridgehead atoms. The van der Waals surface area contributed by atoms with Crippen LogP contribution in [0.4, 0.5) is 0 Å². The predicted octanol–water partition coefficient (Wildman–Crippen LogP) is 3.22. The molecule has 1 fully saturated rings. The number of rotatable bonds is 4. The molecule has 4 nitrogen and oxygen atoms in total. The van der Waals surface area contributed by atoms with Crippen LogP contribution in [0.3, 0.4) is 0 Å². The molecular formula is C17H17Cl2N3O. The van der Waals surface area contributed by atoms with Gasteiger partial charge in [0.25, 0.3) is 0 Å². The lowest BCUT2D eigenvalue weighted by molar-refractivity contribution is -0.123. The van der Waals surface area contributed by atoms with E-state index in [1.54, 1.807) is 0 Å². The molecule has 1 saturated heterocycles. The average molecular weight is 350 g/mol. The Hall–Kier alpha value is -1.59. The molecule has 2 aromatic rings. The van der Waals surface area contributed by atoms with E-state index >= 15 is 0 Å².